The highest BCUT2D eigenvalue weighted by molar-refractivity contribution is 6.33. The number of carbonyl (C=O) groups excluding carboxylic acids is 4. The molecule has 3 aromatic carbocycles. The number of amides is 2. The van der Waals surface area contributed by atoms with E-state index in [2.05, 4.69) is 0 Å². The quantitative estimate of drug-likeness (QED) is 0.328. The number of fused-ring (bicyclic) bond motifs is 4. The summed E-state index contributed by atoms with van der Waals surface area (Å²) >= 11 is 6.84. The number of ketones is 2. The molecule has 0 aromatic heterocycles. The van der Waals surface area contributed by atoms with Gasteiger partial charge >= 0.3 is 0 Å². The number of phenols is 1. The Balaban J connectivity index is 1.54. The van der Waals surface area contributed by atoms with Gasteiger partial charge < -0.3 is 5.11 Å². The van der Waals surface area contributed by atoms with Gasteiger partial charge in [-0.05, 0) is 53.7 Å². The SMILES string of the molecule is CN1C(=O)[C@H]2[C@H](CC=C3[C@H]2C[C@H]2C(=O)C(c4ccccc4)=CC(=O)[C@@]2(c2ccccc2)[C@H]3c2ccc(O)cc2Cl)C1=O. The first kappa shape index (κ1) is 26.6. The number of rotatable bonds is 3. The first-order chi connectivity index (χ1) is 20.2. The number of imide groups is 1. The van der Waals surface area contributed by atoms with E-state index >= 15 is 0 Å². The highest BCUT2D eigenvalue weighted by Gasteiger charge is 2.65. The number of phenolic OH excluding ortho intramolecular Hbond substituents is 1. The van der Waals surface area contributed by atoms with Crippen molar-refractivity contribution in [3.05, 3.63) is 118 Å². The largest absolute Gasteiger partial charge is 0.508 e. The minimum atomic E-state index is -1.34. The monoisotopic (exact) mass is 577 g/mol. The van der Waals surface area contributed by atoms with Crippen molar-refractivity contribution in [2.75, 3.05) is 7.05 Å². The van der Waals surface area contributed by atoms with E-state index < -0.39 is 35.0 Å². The number of aromatic hydroxyl groups is 1. The summed E-state index contributed by atoms with van der Waals surface area (Å²) in [7, 11) is 1.51. The molecule has 210 valence electrons. The second kappa shape index (κ2) is 9.63. The Kier molecular flexibility index (Phi) is 6.10. The molecule has 0 bridgehead atoms. The van der Waals surface area contributed by atoms with Gasteiger partial charge in [0, 0.05) is 29.5 Å². The average molecular weight is 578 g/mol. The molecule has 1 heterocycles. The summed E-state index contributed by atoms with van der Waals surface area (Å²) in [5.41, 5.74) is 1.80. The van der Waals surface area contributed by atoms with Gasteiger partial charge in [-0.2, -0.15) is 0 Å². The lowest BCUT2D eigenvalue weighted by Crippen LogP contribution is -2.58. The van der Waals surface area contributed by atoms with Crippen LogP contribution in [0, 0.1) is 23.7 Å². The van der Waals surface area contributed by atoms with Crippen LogP contribution in [0.3, 0.4) is 0 Å². The van der Waals surface area contributed by atoms with E-state index in [1.165, 1.54) is 30.2 Å². The number of allylic oxidation sites excluding steroid dienone is 4. The van der Waals surface area contributed by atoms with Gasteiger partial charge in [0.25, 0.3) is 0 Å². The average Bonchev–Trinajstić information content (AvgIpc) is 3.22. The molecule has 2 amide bonds. The summed E-state index contributed by atoms with van der Waals surface area (Å²) in [6, 6.07) is 23.2. The molecular formula is C35H28ClNO5. The zero-order valence-electron chi connectivity index (χ0n) is 22.9. The number of hydrogen-bond donors (Lipinski definition) is 1. The van der Waals surface area contributed by atoms with Crippen LogP contribution >= 0.6 is 11.6 Å². The van der Waals surface area contributed by atoms with E-state index in [1.54, 1.807) is 6.07 Å². The van der Waals surface area contributed by atoms with E-state index in [0.29, 0.717) is 28.7 Å². The van der Waals surface area contributed by atoms with Crippen LogP contribution in [0.25, 0.3) is 5.57 Å². The van der Waals surface area contributed by atoms with Gasteiger partial charge in [-0.15, -0.1) is 0 Å². The first-order valence-corrected chi connectivity index (χ1v) is 14.5. The van der Waals surface area contributed by atoms with Crippen molar-refractivity contribution < 1.29 is 24.3 Å². The van der Waals surface area contributed by atoms with Crippen LogP contribution < -0.4 is 0 Å². The molecule has 3 aromatic rings. The number of likely N-dealkylation sites (tertiary alicyclic amines) is 1. The molecular weight excluding hydrogens is 550 g/mol. The molecule has 4 aliphatic rings. The maximum absolute atomic E-state index is 14.8. The number of hydrogen-bond acceptors (Lipinski definition) is 5. The maximum atomic E-state index is 14.8. The van der Waals surface area contributed by atoms with Gasteiger partial charge in [-0.25, -0.2) is 0 Å². The molecule has 0 spiro atoms. The van der Waals surface area contributed by atoms with E-state index in [1.807, 2.05) is 66.7 Å². The Bertz CT molecular complexity index is 1730. The normalized spacial score (nSPS) is 30.3. The van der Waals surface area contributed by atoms with Gasteiger partial charge in [0.15, 0.2) is 11.6 Å². The molecule has 1 saturated heterocycles. The lowest BCUT2D eigenvalue weighted by Gasteiger charge is -2.55. The smallest absolute Gasteiger partial charge is 0.233 e. The summed E-state index contributed by atoms with van der Waals surface area (Å²) in [5.74, 6) is -3.95. The Morgan fingerprint density at radius 2 is 1.57 bits per heavy atom. The van der Waals surface area contributed by atoms with Gasteiger partial charge in [-0.3, -0.25) is 24.1 Å². The number of nitrogens with zero attached hydrogens (tertiary/aromatic N) is 1. The Hall–Kier alpha value is -4.29. The molecule has 3 aliphatic carbocycles. The van der Waals surface area contributed by atoms with Crippen molar-refractivity contribution in [3.63, 3.8) is 0 Å². The number of carbonyl (C=O) groups is 4. The van der Waals surface area contributed by atoms with Crippen LogP contribution in [0.2, 0.25) is 5.02 Å². The van der Waals surface area contributed by atoms with Crippen molar-refractivity contribution in [2.45, 2.75) is 24.2 Å². The number of benzene rings is 3. The van der Waals surface area contributed by atoms with Crippen LogP contribution in [0.1, 0.15) is 35.4 Å². The fourth-order valence-electron chi connectivity index (χ4n) is 8.13. The van der Waals surface area contributed by atoms with Gasteiger partial charge in [-0.1, -0.05) is 90.0 Å². The van der Waals surface area contributed by atoms with Gasteiger partial charge in [0.05, 0.1) is 17.3 Å². The minimum Gasteiger partial charge on any atom is -0.508 e. The topological polar surface area (TPSA) is 91.8 Å². The molecule has 0 unspecified atom stereocenters. The van der Waals surface area contributed by atoms with E-state index in [0.717, 1.165) is 5.57 Å². The summed E-state index contributed by atoms with van der Waals surface area (Å²) in [4.78, 5) is 57.4. The van der Waals surface area contributed by atoms with Crippen molar-refractivity contribution in [3.8, 4) is 5.75 Å². The molecule has 1 aliphatic heterocycles. The highest BCUT2D eigenvalue weighted by Crippen LogP contribution is 2.64. The molecule has 1 N–H and O–H groups in total. The Morgan fingerprint density at radius 3 is 2.26 bits per heavy atom. The maximum Gasteiger partial charge on any atom is 0.233 e. The second-order valence-corrected chi connectivity index (χ2v) is 12.1. The third-order valence-corrected chi connectivity index (χ3v) is 10.2. The van der Waals surface area contributed by atoms with Crippen LogP contribution in [0.4, 0.5) is 0 Å². The summed E-state index contributed by atoms with van der Waals surface area (Å²) in [6.45, 7) is 0. The fourth-order valence-corrected chi connectivity index (χ4v) is 8.41. The molecule has 6 nitrogen and oxygen atoms in total. The predicted molar refractivity (Wildman–Crippen MR) is 157 cm³/mol. The molecule has 1 saturated carbocycles. The third kappa shape index (κ3) is 3.57. The molecule has 7 rings (SSSR count). The molecule has 7 heteroatoms. The standard InChI is InChI=1S/C35H28ClNO5/c1-37-33(41)24-15-14-22-26(30(24)34(37)42)17-27-32(40)25(19-8-4-2-5-9-19)18-29(39)35(27,20-10-6-3-7-11-20)31(22)23-13-12-21(38)16-28(23)36/h2-14,16,18,24,26-27,30-31,38H,15,17H2,1H3/t24-,26+,27-,30-,31+,35-/m0/s1. The van der Waals surface area contributed by atoms with Gasteiger partial charge in [0.2, 0.25) is 11.8 Å². The molecule has 2 fully saturated rings. The Morgan fingerprint density at radius 1 is 0.881 bits per heavy atom. The number of Topliss-reactive ketones (excluding diaryl/α,β-unsaturated/α-hetero) is 1. The van der Waals surface area contributed by atoms with Crippen LogP contribution in [0.15, 0.2) is 96.6 Å². The first-order valence-electron chi connectivity index (χ1n) is 14.2. The van der Waals surface area contributed by atoms with Crippen LogP contribution in [-0.4, -0.2) is 40.4 Å². The second-order valence-electron chi connectivity index (χ2n) is 11.7. The van der Waals surface area contributed by atoms with Crippen LogP contribution in [-0.2, 0) is 24.6 Å². The summed E-state index contributed by atoms with van der Waals surface area (Å²) in [5, 5.41) is 10.5. The summed E-state index contributed by atoms with van der Waals surface area (Å²) < 4.78 is 0. The lowest BCUT2D eigenvalue weighted by molar-refractivity contribution is -0.139. The zero-order valence-corrected chi connectivity index (χ0v) is 23.6. The fraction of sp³-hybridized carbons (Fsp3) is 0.257. The van der Waals surface area contributed by atoms with Crippen molar-refractivity contribution in [1.82, 2.24) is 4.90 Å². The summed E-state index contributed by atoms with van der Waals surface area (Å²) in [6.07, 6.45) is 4.09. The number of halogens is 1. The van der Waals surface area contributed by atoms with E-state index in [9.17, 15) is 24.3 Å². The molecule has 42 heavy (non-hydrogen) atoms. The zero-order chi connectivity index (χ0) is 29.3. The third-order valence-electron chi connectivity index (χ3n) is 9.89. The van der Waals surface area contributed by atoms with Gasteiger partial charge in [0.1, 0.15) is 5.75 Å². The van der Waals surface area contributed by atoms with Crippen LogP contribution in [0.5, 0.6) is 5.75 Å². The van der Waals surface area contributed by atoms with E-state index in [-0.39, 0.29) is 40.6 Å². The highest BCUT2D eigenvalue weighted by atomic mass is 35.5. The van der Waals surface area contributed by atoms with Crippen molar-refractivity contribution >= 4 is 40.6 Å². The van der Waals surface area contributed by atoms with Crippen molar-refractivity contribution in [1.29, 1.82) is 0 Å². The lowest BCUT2D eigenvalue weighted by atomic mass is 9.44. The minimum absolute atomic E-state index is 0.0189. The predicted octanol–water partition coefficient (Wildman–Crippen LogP) is 5.50. The molecule has 0 radical (unpaired) electrons. The van der Waals surface area contributed by atoms with E-state index in [4.69, 9.17) is 11.6 Å². The molecule has 6 atom stereocenters. The van der Waals surface area contributed by atoms with Crippen molar-refractivity contribution in [2.24, 2.45) is 23.7 Å². The Labute approximate surface area is 248 Å².